The number of methoxy groups -OCH3 is 1. The zero-order chi connectivity index (χ0) is 12.3. The van der Waals surface area contributed by atoms with E-state index in [4.69, 9.17) is 10.5 Å². The molecule has 0 aliphatic heterocycles. The summed E-state index contributed by atoms with van der Waals surface area (Å²) in [6.45, 7) is 0.478. The van der Waals surface area contributed by atoms with Gasteiger partial charge in [0.2, 0.25) is 0 Å². The molecule has 0 radical (unpaired) electrons. The molecule has 1 saturated carbocycles. The van der Waals surface area contributed by atoms with E-state index in [1.165, 1.54) is 13.3 Å². The van der Waals surface area contributed by atoms with Gasteiger partial charge in [0.15, 0.2) is 0 Å². The Morgan fingerprint density at radius 2 is 2.41 bits per heavy atom. The van der Waals surface area contributed by atoms with E-state index in [9.17, 15) is 4.79 Å². The normalized spacial score (nSPS) is 17.1. The van der Waals surface area contributed by atoms with Crippen LogP contribution in [0.1, 0.15) is 29.6 Å². The molecule has 17 heavy (non-hydrogen) atoms. The zero-order valence-electron chi connectivity index (χ0n) is 9.90. The number of carbonyl (C=O) groups is 1. The van der Waals surface area contributed by atoms with Crippen molar-refractivity contribution < 1.29 is 9.53 Å². The minimum Gasteiger partial charge on any atom is -0.494 e. The van der Waals surface area contributed by atoms with Gasteiger partial charge in [-0.05, 0) is 25.3 Å². The Bertz CT molecular complexity index is 410. The maximum Gasteiger partial charge on any atom is 0.255 e. The number of nitrogens with zero attached hydrogens (tertiary/aromatic N) is 1. The van der Waals surface area contributed by atoms with Gasteiger partial charge in [-0.2, -0.15) is 0 Å². The first-order valence-electron chi connectivity index (χ1n) is 5.71. The highest BCUT2D eigenvalue weighted by Crippen LogP contribution is 2.31. The summed E-state index contributed by atoms with van der Waals surface area (Å²) >= 11 is 0. The highest BCUT2D eigenvalue weighted by molar-refractivity contribution is 5.97. The van der Waals surface area contributed by atoms with E-state index in [-0.39, 0.29) is 11.4 Å². The van der Waals surface area contributed by atoms with E-state index in [1.54, 1.807) is 12.3 Å². The summed E-state index contributed by atoms with van der Waals surface area (Å²) in [5.74, 6) is 0.339. The van der Waals surface area contributed by atoms with E-state index >= 15 is 0 Å². The van der Waals surface area contributed by atoms with Crippen molar-refractivity contribution in [1.29, 1.82) is 0 Å². The first-order chi connectivity index (χ1) is 8.21. The molecule has 1 aliphatic rings. The SMILES string of the molecule is COc1cnccc1C(=O)NC1(CN)CCC1. The number of rotatable bonds is 4. The van der Waals surface area contributed by atoms with Crippen molar-refractivity contribution >= 4 is 5.91 Å². The predicted octanol–water partition coefficient (Wildman–Crippen LogP) is 0.701. The number of carbonyl (C=O) groups excluding carboxylic acids is 1. The van der Waals surface area contributed by atoms with Crippen molar-refractivity contribution in [3.63, 3.8) is 0 Å². The van der Waals surface area contributed by atoms with Crippen molar-refractivity contribution in [3.05, 3.63) is 24.0 Å². The minimum absolute atomic E-state index is 0.144. The van der Waals surface area contributed by atoms with Crippen molar-refractivity contribution in [2.75, 3.05) is 13.7 Å². The number of hydrogen-bond acceptors (Lipinski definition) is 4. The molecule has 3 N–H and O–H groups in total. The smallest absolute Gasteiger partial charge is 0.255 e. The lowest BCUT2D eigenvalue weighted by molar-refractivity contribution is 0.0834. The quantitative estimate of drug-likeness (QED) is 0.805. The Kier molecular flexibility index (Phi) is 3.28. The lowest BCUT2D eigenvalue weighted by atomic mass is 9.76. The Morgan fingerprint density at radius 1 is 1.65 bits per heavy atom. The van der Waals surface area contributed by atoms with Gasteiger partial charge in [0.05, 0.1) is 24.4 Å². The molecule has 1 aromatic heterocycles. The van der Waals surface area contributed by atoms with Crippen LogP contribution in [0.5, 0.6) is 5.75 Å². The number of aromatic nitrogens is 1. The molecule has 1 aromatic rings. The summed E-state index contributed by atoms with van der Waals surface area (Å²) in [7, 11) is 1.52. The highest BCUT2D eigenvalue weighted by Gasteiger charge is 2.37. The van der Waals surface area contributed by atoms with Crippen LogP contribution in [0.4, 0.5) is 0 Å². The van der Waals surface area contributed by atoms with E-state index in [2.05, 4.69) is 10.3 Å². The maximum atomic E-state index is 12.1. The van der Waals surface area contributed by atoms with E-state index in [0.717, 1.165) is 19.3 Å². The molecular weight excluding hydrogens is 218 g/mol. The van der Waals surface area contributed by atoms with Crippen LogP contribution in [0.3, 0.4) is 0 Å². The van der Waals surface area contributed by atoms with E-state index in [0.29, 0.717) is 17.9 Å². The molecule has 1 aliphatic carbocycles. The number of amides is 1. The van der Waals surface area contributed by atoms with Gasteiger partial charge in [0.1, 0.15) is 5.75 Å². The largest absolute Gasteiger partial charge is 0.494 e. The summed E-state index contributed by atoms with van der Waals surface area (Å²) in [6, 6.07) is 1.65. The van der Waals surface area contributed by atoms with Crippen LogP contribution < -0.4 is 15.8 Å². The fraction of sp³-hybridized carbons (Fsp3) is 0.500. The summed E-state index contributed by atoms with van der Waals surface area (Å²) in [5, 5.41) is 3.00. The summed E-state index contributed by atoms with van der Waals surface area (Å²) in [4.78, 5) is 16.0. The molecule has 0 unspecified atom stereocenters. The van der Waals surface area contributed by atoms with Gasteiger partial charge in [0.25, 0.3) is 5.91 Å². The first-order valence-corrected chi connectivity index (χ1v) is 5.71. The van der Waals surface area contributed by atoms with Crippen LogP contribution in [-0.4, -0.2) is 30.1 Å². The monoisotopic (exact) mass is 235 g/mol. The summed E-state index contributed by atoms with van der Waals surface area (Å²) in [5.41, 5.74) is 5.99. The molecule has 5 heteroatoms. The van der Waals surface area contributed by atoms with Crippen LogP contribution in [0.2, 0.25) is 0 Å². The molecular formula is C12H17N3O2. The Balaban J connectivity index is 2.14. The average molecular weight is 235 g/mol. The Hall–Kier alpha value is -1.62. The second-order valence-electron chi connectivity index (χ2n) is 4.37. The number of nitrogens with two attached hydrogens (primary N) is 1. The van der Waals surface area contributed by atoms with Crippen molar-refractivity contribution in [3.8, 4) is 5.75 Å². The van der Waals surface area contributed by atoms with Gasteiger partial charge in [-0.15, -0.1) is 0 Å². The van der Waals surface area contributed by atoms with Crippen LogP contribution in [0, 0.1) is 0 Å². The lowest BCUT2D eigenvalue weighted by Gasteiger charge is -2.41. The molecule has 1 amide bonds. The highest BCUT2D eigenvalue weighted by atomic mass is 16.5. The molecule has 5 nitrogen and oxygen atoms in total. The van der Waals surface area contributed by atoms with Gasteiger partial charge in [-0.1, -0.05) is 0 Å². The Morgan fingerprint density at radius 3 is 2.94 bits per heavy atom. The maximum absolute atomic E-state index is 12.1. The van der Waals surface area contributed by atoms with E-state index in [1.807, 2.05) is 0 Å². The number of nitrogens with one attached hydrogen (secondary N) is 1. The molecule has 1 heterocycles. The number of hydrogen-bond donors (Lipinski definition) is 2. The van der Waals surface area contributed by atoms with Crippen LogP contribution in [-0.2, 0) is 0 Å². The summed E-state index contributed by atoms with van der Waals surface area (Å²) < 4.78 is 5.11. The third kappa shape index (κ3) is 2.24. The van der Waals surface area contributed by atoms with Crippen molar-refractivity contribution in [1.82, 2.24) is 10.3 Å². The van der Waals surface area contributed by atoms with Gasteiger partial charge in [-0.25, -0.2) is 0 Å². The molecule has 92 valence electrons. The molecule has 0 bridgehead atoms. The molecule has 0 aromatic carbocycles. The second-order valence-corrected chi connectivity index (χ2v) is 4.37. The van der Waals surface area contributed by atoms with Gasteiger partial charge in [0, 0.05) is 12.7 Å². The average Bonchev–Trinajstić information content (AvgIpc) is 2.33. The van der Waals surface area contributed by atoms with Gasteiger partial charge in [-0.3, -0.25) is 9.78 Å². The Labute approximate surface area is 100 Å². The number of pyridine rings is 1. The zero-order valence-corrected chi connectivity index (χ0v) is 9.90. The third-order valence-electron chi connectivity index (χ3n) is 3.33. The standard InChI is InChI=1S/C12H17N3O2/c1-17-10-7-14-6-3-9(10)11(16)15-12(8-13)4-2-5-12/h3,6-7H,2,4-5,8,13H2,1H3,(H,15,16). The predicted molar refractivity (Wildman–Crippen MR) is 63.9 cm³/mol. The molecule has 0 saturated heterocycles. The topological polar surface area (TPSA) is 77.2 Å². The molecule has 1 fully saturated rings. The number of ether oxygens (including phenoxy) is 1. The molecule has 0 atom stereocenters. The minimum atomic E-state index is -0.217. The third-order valence-corrected chi connectivity index (χ3v) is 3.33. The van der Waals surface area contributed by atoms with Crippen molar-refractivity contribution in [2.45, 2.75) is 24.8 Å². The van der Waals surface area contributed by atoms with Crippen molar-refractivity contribution in [2.24, 2.45) is 5.73 Å². The van der Waals surface area contributed by atoms with E-state index < -0.39 is 0 Å². The summed E-state index contributed by atoms with van der Waals surface area (Å²) in [6.07, 6.45) is 6.12. The molecule has 2 rings (SSSR count). The fourth-order valence-electron chi connectivity index (χ4n) is 2.02. The van der Waals surface area contributed by atoms with Crippen LogP contribution >= 0.6 is 0 Å². The van der Waals surface area contributed by atoms with Crippen LogP contribution in [0.15, 0.2) is 18.5 Å². The first kappa shape index (κ1) is 11.9. The fourth-order valence-corrected chi connectivity index (χ4v) is 2.02. The molecule has 0 spiro atoms. The second kappa shape index (κ2) is 4.71. The lowest BCUT2D eigenvalue weighted by Crippen LogP contribution is -2.58. The van der Waals surface area contributed by atoms with Crippen LogP contribution in [0.25, 0.3) is 0 Å². The van der Waals surface area contributed by atoms with Gasteiger partial charge >= 0.3 is 0 Å². The van der Waals surface area contributed by atoms with Gasteiger partial charge < -0.3 is 15.8 Å².